The molecule has 1 fully saturated rings. The lowest BCUT2D eigenvalue weighted by Gasteiger charge is -2.23. The molecular formula is C24H24N2O3S2. The van der Waals surface area contributed by atoms with Gasteiger partial charge in [-0.2, -0.15) is 0 Å². The number of carbonyl (C=O) groups excluding carboxylic acids is 2. The number of thiocarbonyl (C=S) groups is 1. The van der Waals surface area contributed by atoms with Crippen LogP contribution in [0.1, 0.15) is 17.5 Å². The third kappa shape index (κ3) is 6.62. The van der Waals surface area contributed by atoms with Gasteiger partial charge in [-0.05, 0) is 17.2 Å². The molecule has 0 saturated carbocycles. The maximum atomic E-state index is 12.7. The second-order valence-electron chi connectivity index (χ2n) is 6.90. The summed E-state index contributed by atoms with van der Waals surface area (Å²) in [7, 11) is 0. The van der Waals surface area contributed by atoms with Gasteiger partial charge in [0.05, 0.1) is 11.5 Å². The molecule has 0 unspecified atom stereocenters. The van der Waals surface area contributed by atoms with Crippen molar-refractivity contribution in [2.24, 2.45) is 0 Å². The molecule has 0 spiro atoms. The number of thioether (sulfide) groups is 1. The highest BCUT2D eigenvalue weighted by Crippen LogP contribution is 2.31. The molecule has 0 aliphatic carbocycles. The monoisotopic (exact) mass is 452 g/mol. The van der Waals surface area contributed by atoms with Crippen molar-refractivity contribution < 1.29 is 14.7 Å². The van der Waals surface area contributed by atoms with Gasteiger partial charge in [0.25, 0.3) is 5.91 Å². The van der Waals surface area contributed by atoms with E-state index in [1.165, 1.54) is 16.7 Å². The Kier molecular flexibility index (Phi) is 8.58. The minimum absolute atomic E-state index is 0.115. The van der Waals surface area contributed by atoms with Crippen molar-refractivity contribution in [2.75, 3.05) is 19.7 Å². The number of hydrogen-bond acceptors (Lipinski definition) is 5. The molecular weight excluding hydrogens is 428 g/mol. The minimum atomic E-state index is -0.183. The van der Waals surface area contributed by atoms with Gasteiger partial charge in [0.1, 0.15) is 4.32 Å². The van der Waals surface area contributed by atoms with Gasteiger partial charge in [-0.25, -0.2) is 0 Å². The number of rotatable bonds is 9. The van der Waals surface area contributed by atoms with Gasteiger partial charge in [0.2, 0.25) is 5.91 Å². The molecule has 7 heteroatoms. The van der Waals surface area contributed by atoms with Gasteiger partial charge in [-0.3, -0.25) is 14.5 Å². The van der Waals surface area contributed by atoms with E-state index in [9.17, 15) is 14.7 Å². The van der Waals surface area contributed by atoms with Gasteiger partial charge in [-0.1, -0.05) is 96.8 Å². The second-order valence-corrected chi connectivity index (χ2v) is 8.58. The van der Waals surface area contributed by atoms with Crippen LogP contribution in [0, 0.1) is 0 Å². The molecule has 1 heterocycles. The van der Waals surface area contributed by atoms with Crippen molar-refractivity contribution in [2.45, 2.75) is 13.0 Å². The van der Waals surface area contributed by atoms with Crippen LogP contribution in [-0.4, -0.2) is 50.7 Å². The Balaban J connectivity index is 1.58. The molecule has 3 rings (SSSR count). The van der Waals surface area contributed by atoms with Crippen molar-refractivity contribution in [3.63, 3.8) is 0 Å². The summed E-state index contributed by atoms with van der Waals surface area (Å²) in [4.78, 5) is 29.0. The predicted molar refractivity (Wildman–Crippen MR) is 129 cm³/mol. The first-order valence-electron chi connectivity index (χ1n) is 9.98. The highest BCUT2D eigenvalue weighted by atomic mass is 32.2. The summed E-state index contributed by atoms with van der Waals surface area (Å²) >= 11 is 6.59. The highest BCUT2D eigenvalue weighted by Gasteiger charge is 2.32. The van der Waals surface area contributed by atoms with Gasteiger partial charge >= 0.3 is 0 Å². The number of benzene rings is 2. The SMILES string of the molecule is O=C(CCN1C(=O)C(=CC=Cc2ccccc2)SC1=S)N(CCO)Cc1ccccc1. The molecule has 31 heavy (non-hydrogen) atoms. The average molecular weight is 453 g/mol. The summed E-state index contributed by atoms with van der Waals surface area (Å²) in [5.41, 5.74) is 2.03. The van der Waals surface area contributed by atoms with Crippen LogP contribution in [-0.2, 0) is 16.1 Å². The summed E-state index contributed by atoms with van der Waals surface area (Å²) in [5.74, 6) is -0.308. The smallest absolute Gasteiger partial charge is 0.266 e. The lowest BCUT2D eigenvalue weighted by Crippen LogP contribution is -2.37. The van der Waals surface area contributed by atoms with Crippen molar-refractivity contribution in [1.82, 2.24) is 9.80 Å². The van der Waals surface area contributed by atoms with E-state index in [0.29, 0.717) is 15.8 Å². The predicted octanol–water partition coefficient (Wildman–Crippen LogP) is 3.86. The van der Waals surface area contributed by atoms with E-state index < -0.39 is 0 Å². The largest absolute Gasteiger partial charge is 0.395 e. The van der Waals surface area contributed by atoms with E-state index in [1.54, 1.807) is 11.0 Å². The molecule has 1 saturated heterocycles. The topological polar surface area (TPSA) is 60.9 Å². The summed E-state index contributed by atoms with van der Waals surface area (Å²) in [6.07, 6.45) is 5.65. The summed E-state index contributed by atoms with van der Waals surface area (Å²) < 4.78 is 0.453. The number of allylic oxidation sites excluding steroid dienone is 2. The molecule has 1 aliphatic rings. The molecule has 5 nitrogen and oxygen atoms in total. The van der Waals surface area contributed by atoms with Crippen molar-refractivity contribution in [3.8, 4) is 0 Å². The molecule has 160 valence electrons. The molecule has 2 aromatic rings. The van der Waals surface area contributed by atoms with Crippen molar-refractivity contribution in [1.29, 1.82) is 0 Å². The van der Waals surface area contributed by atoms with E-state index >= 15 is 0 Å². The van der Waals surface area contributed by atoms with Crippen LogP contribution in [0.4, 0.5) is 0 Å². The van der Waals surface area contributed by atoms with Crippen LogP contribution in [0.2, 0.25) is 0 Å². The normalized spacial score (nSPS) is 15.3. The van der Waals surface area contributed by atoms with Gasteiger partial charge < -0.3 is 10.0 Å². The fourth-order valence-electron chi connectivity index (χ4n) is 3.10. The number of hydrogen-bond donors (Lipinski definition) is 1. The first-order chi connectivity index (χ1) is 15.1. The Bertz CT molecular complexity index is 975. The van der Waals surface area contributed by atoms with Gasteiger partial charge in [0.15, 0.2) is 0 Å². The molecule has 1 aliphatic heterocycles. The number of carbonyl (C=O) groups is 2. The lowest BCUT2D eigenvalue weighted by molar-refractivity contribution is -0.132. The van der Waals surface area contributed by atoms with Crippen LogP contribution in [0.3, 0.4) is 0 Å². The number of amides is 2. The lowest BCUT2D eigenvalue weighted by atomic mass is 10.2. The first-order valence-corrected chi connectivity index (χ1v) is 11.2. The fraction of sp³-hybridized carbons (Fsp3) is 0.208. The zero-order valence-electron chi connectivity index (χ0n) is 17.0. The molecule has 0 aromatic heterocycles. The highest BCUT2D eigenvalue weighted by molar-refractivity contribution is 8.26. The third-order valence-corrected chi connectivity index (χ3v) is 6.09. The number of nitrogens with zero attached hydrogens (tertiary/aromatic N) is 2. The average Bonchev–Trinajstić information content (AvgIpc) is 3.06. The number of aliphatic hydroxyl groups is 1. The third-order valence-electron chi connectivity index (χ3n) is 4.70. The Morgan fingerprint density at radius 1 is 1.10 bits per heavy atom. The molecule has 2 aromatic carbocycles. The second kappa shape index (κ2) is 11.6. The van der Waals surface area contributed by atoms with E-state index in [0.717, 1.165) is 11.1 Å². The summed E-state index contributed by atoms with van der Waals surface area (Å²) in [6, 6.07) is 19.4. The number of aliphatic hydroxyl groups excluding tert-OH is 1. The maximum Gasteiger partial charge on any atom is 0.266 e. The first kappa shape index (κ1) is 22.9. The fourth-order valence-corrected chi connectivity index (χ4v) is 4.36. The Morgan fingerprint density at radius 2 is 1.77 bits per heavy atom. The van der Waals surface area contributed by atoms with Crippen LogP contribution in [0.5, 0.6) is 0 Å². The zero-order chi connectivity index (χ0) is 22.1. The minimum Gasteiger partial charge on any atom is -0.395 e. The van der Waals surface area contributed by atoms with Crippen LogP contribution in [0.15, 0.2) is 77.7 Å². The van der Waals surface area contributed by atoms with Crippen LogP contribution in [0.25, 0.3) is 6.08 Å². The van der Waals surface area contributed by atoms with E-state index in [4.69, 9.17) is 12.2 Å². The Morgan fingerprint density at radius 3 is 2.45 bits per heavy atom. The Labute approximate surface area is 192 Å². The maximum absolute atomic E-state index is 12.7. The summed E-state index contributed by atoms with van der Waals surface area (Å²) in [5, 5.41) is 9.33. The molecule has 2 amide bonds. The molecule has 0 bridgehead atoms. The van der Waals surface area contributed by atoms with Gasteiger partial charge in [0, 0.05) is 26.1 Å². The van der Waals surface area contributed by atoms with Crippen molar-refractivity contribution >= 4 is 46.2 Å². The quantitative estimate of drug-likeness (QED) is 0.463. The van der Waals surface area contributed by atoms with E-state index in [2.05, 4.69) is 0 Å². The van der Waals surface area contributed by atoms with E-state index in [1.807, 2.05) is 72.8 Å². The molecule has 0 radical (unpaired) electrons. The van der Waals surface area contributed by atoms with Gasteiger partial charge in [-0.15, -0.1) is 0 Å². The Hall–Kier alpha value is -2.74. The van der Waals surface area contributed by atoms with E-state index in [-0.39, 0.29) is 37.9 Å². The molecule has 0 atom stereocenters. The summed E-state index contributed by atoms with van der Waals surface area (Å²) in [6.45, 7) is 0.773. The molecule has 1 N–H and O–H groups in total. The standard InChI is InChI=1S/C24H24N2O3S2/c27-17-16-25(18-20-10-5-2-6-11-20)22(28)14-15-26-23(29)21(31-24(26)30)13-7-12-19-8-3-1-4-9-19/h1-13,27H,14-18H2. The van der Waals surface area contributed by atoms with Crippen LogP contribution < -0.4 is 0 Å². The van der Waals surface area contributed by atoms with Crippen LogP contribution >= 0.6 is 24.0 Å². The zero-order valence-corrected chi connectivity index (χ0v) is 18.6. The van der Waals surface area contributed by atoms with Crippen molar-refractivity contribution in [3.05, 3.63) is 88.8 Å².